The average Bonchev–Trinajstić information content (AvgIpc) is 2.74. The van der Waals surface area contributed by atoms with Gasteiger partial charge in [0.05, 0.1) is 5.69 Å². The van der Waals surface area contributed by atoms with E-state index in [-0.39, 0.29) is 0 Å². The van der Waals surface area contributed by atoms with E-state index in [4.69, 9.17) is 16.3 Å². The Morgan fingerprint density at radius 3 is 2.80 bits per heavy atom. The molecule has 2 aromatic rings. The van der Waals surface area contributed by atoms with Crippen LogP contribution in [0.5, 0.6) is 5.75 Å². The first-order valence-electron chi connectivity index (χ1n) is 6.65. The minimum atomic E-state index is 0.500. The molecule has 3 nitrogen and oxygen atoms in total. The summed E-state index contributed by atoms with van der Waals surface area (Å²) in [6, 6.07) is 5.71. The summed E-state index contributed by atoms with van der Waals surface area (Å²) < 4.78 is 5.89. The Morgan fingerprint density at radius 2 is 2.15 bits per heavy atom. The van der Waals surface area contributed by atoms with Crippen LogP contribution in [0.4, 0.5) is 0 Å². The maximum atomic E-state index is 6.04. The molecule has 1 aromatic heterocycles. The van der Waals surface area contributed by atoms with Crippen LogP contribution in [0.2, 0.25) is 5.02 Å². The van der Waals surface area contributed by atoms with Gasteiger partial charge < -0.3 is 10.1 Å². The molecule has 0 radical (unpaired) electrons. The molecule has 0 fully saturated rings. The van der Waals surface area contributed by atoms with Crippen molar-refractivity contribution in [2.45, 2.75) is 33.9 Å². The molecule has 0 atom stereocenters. The zero-order valence-corrected chi connectivity index (χ0v) is 13.6. The van der Waals surface area contributed by atoms with Crippen molar-refractivity contribution in [2.24, 2.45) is 0 Å². The molecule has 2 rings (SSSR count). The maximum Gasteiger partial charge on any atom is 0.140 e. The van der Waals surface area contributed by atoms with E-state index in [1.54, 1.807) is 11.3 Å². The number of hydrogen-bond acceptors (Lipinski definition) is 4. The molecule has 20 heavy (non-hydrogen) atoms. The highest BCUT2D eigenvalue weighted by molar-refractivity contribution is 7.11. The molecular weight excluding hydrogens is 292 g/mol. The summed E-state index contributed by atoms with van der Waals surface area (Å²) in [5.41, 5.74) is 2.15. The smallest absolute Gasteiger partial charge is 0.140 e. The van der Waals surface area contributed by atoms with Gasteiger partial charge in [-0.2, -0.15) is 0 Å². The molecular formula is C15H19ClN2OS. The SMILES string of the molecule is CCNCc1cc(Cl)ccc1OCc1nc(C)c(C)s1. The molecule has 108 valence electrons. The number of aromatic nitrogens is 1. The number of aryl methyl sites for hydroxylation is 2. The van der Waals surface area contributed by atoms with E-state index in [1.165, 1.54) is 4.88 Å². The van der Waals surface area contributed by atoms with Crippen molar-refractivity contribution in [2.75, 3.05) is 6.54 Å². The normalized spacial score (nSPS) is 10.8. The Kier molecular flexibility index (Phi) is 5.40. The molecule has 1 aromatic carbocycles. The van der Waals surface area contributed by atoms with Gasteiger partial charge in [0.15, 0.2) is 0 Å². The fraction of sp³-hybridized carbons (Fsp3) is 0.400. The van der Waals surface area contributed by atoms with Crippen LogP contribution in [0.25, 0.3) is 0 Å². The first kappa shape index (κ1) is 15.3. The summed E-state index contributed by atoms with van der Waals surface area (Å²) >= 11 is 7.73. The minimum absolute atomic E-state index is 0.500. The molecule has 0 unspecified atom stereocenters. The van der Waals surface area contributed by atoms with Crippen LogP contribution in [0.1, 0.15) is 28.1 Å². The summed E-state index contributed by atoms with van der Waals surface area (Å²) in [5.74, 6) is 0.862. The van der Waals surface area contributed by atoms with Gasteiger partial charge in [-0.1, -0.05) is 18.5 Å². The summed E-state index contributed by atoms with van der Waals surface area (Å²) in [6.45, 7) is 8.34. The Labute approximate surface area is 129 Å². The highest BCUT2D eigenvalue weighted by atomic mass is 35.5. The van der Waals surface area contributed by atoms with Crippen LogP contribution in [0.3, 0.4) is 0 Å². The monoisotopic (exact) mass is 310 g/mol. The quantitative estimate of drug-likeness (QED) is 0.872. The molecule has 0 bridgehead atoms. The Hall–Kier alpha value is -1.10. The largest absolute Gasteiger partial charge is 0.486 e. The summed E-state index contributed by atoms with van der Waals surface area (Å²) in [4.78, 5) is 5.73. The van der Waals surface area contributed by atoms with Crippen LogP contribution < -0.4 is 10.1 Å². The van der Waals surface area contributed by atoms with E-state index in [0.717, 1.165) is 40.1 Å². The first-order chi connectivity index (χ1) is 9.60. The van der Waals surface area contributed by atoms with E-state index < -0.39 is 0 Å². The maximum absolute atomic E-state index is 6.04. The second-order valence-electron chi connectivity index (χ2n) is 4.57. The molecule has 0 saturated carbocycles. The third-order valence-electron chi connectivity index (χ3n) is 3.01. The number of benzene rings is 1. The van der Waals surface area contributed by atoms with Gasteiger partial charge in [0.25, 0.3) is 0 Å². The van der Waals surface area contributed by atoms with E-state index in [9.17, 15) is 0 Å². The predicted molar refractivity (Wildman–Crippen MR) is 84.8 cm³/mol. The van der Waals surface area contributed by atoms with Gasteiger partial charge in [-0.3, -0.25) is 0 Å². The third kappa shape index (κ3) is 3.95. The lowest BCUT2D eigenvalue weighted by Gasteiger charge is -2.11. The first-order valence-corrected chi connectivity index (χ1v) is 7.84. The van der Waals surface area contributed by atoms with Crippen molar-refractivity contribution in [3.63, 3.8) is 0 Å². The molecule has 1 heterocycles. The third-order valence-corrected chi connectivity index (χ3v) is 4.29. The lowest BCUT2D eigenvalue weighted by molar-refractivity contribution is 0.301. The summed E-state index contributed by atoms with van der Waals surface area (Å²) in [6.07, 6.45) is 0. The highest BCUT2D eigenvalue weighted by Crippen LogP contribution is 2.25. The van der Waals surface area contributed by atoms with Gasteiger partial charge in [0.1, 0.15) is 17.4 Å². The molecule has 0 aliphatic carbocycles. The minimum Gasteiger partial charge on any atom is -0.486 e. The molecule has 0 aliphatic rings. The predicted octanol–water partition coefficient (Wildman–Crippen LogP) is 4.10. The topological polar surface area (TPSA) is 34.1 Å². The molecule has 0 spiro atoms. The molecule has 0 amide bonds. The van der Waals surface area contributed by atoms with Crippen LogP contribution in [0, 0.1) is 13.8 Å². The molecule has 5 heteroatoms. The number of rotatable bonds is 6. The number of ether oxygens (including phenoxy) is 1. The number of nitrogens with one attached hydrogen (secondary N) is 1. The van der Waals surface area contributed by atoms with Gasteiger partial charge in [0.2, 0.25) is 0 Å². The lowest BCUT2D eigenvalue weighted by atomic mass is 10.2. The highest BCUT2D eigenvalue weighted by Gasteiger charge is 2.08. The Morgan fingerprint density at radius 1 is 1.35 bits per heavy atom. The van der Waals surface area contributed by atoms with E-state index in [2.05, 4.69) is 24.1 Å². The van der Waals surface area contributed by atoms with Crippen LogP contribution in [0.15, 0.2) is 18.2 Å². The second-order valence-corrected chi connectivity index (χ2v) is 6.29. The number of nitrogens with zero attached hydrogens (tertiary/aromatic N) is 1. The Bertz CT molecular complexity index is 564. The number of thiazole rings is 1. The summed E-state index contributed by atoms with van der Waals surface area (Å²) in [5, 5.41) is 5.02. The van der Waals surface area contributed by atoms with Crippen molar-refractivity contribution in [3.8, 4) is 5.75 Å². The number of hydrogen-bond donors (Lipinski definition) is 1. The standard InChI is InChI=1S/C15H19ClN2OS/c1-4-17-8-12-7-13(16)5-6-14(12)19-9-15-18-10(2)11(3)20-15/h5-7,17H,4,8-9H2,1-3H3. The Balaban J connectivity index is 2.08. The van der Waals surface area contributed by atoms with Crippen molar-refractivity contribution in [3.05, 3.63) is 44.4 Å². The van der Waals surface area contributed by atoms with Gasteiger partial charge in [-0.15, -0.1) is 11.3 Å². The van der Waals surface area contributed by atoms with Crippen molar-refractivity contribution >= 4 is 22.9 Å². The summed E-state index contributed by atoms with van der Waals surface area (Å²) in [7, 11) is 0. The molecule has 0 saturated heterocycles. The fourth-order valence-electron chi connectivity index (χ4n) is 1.83. The molecule has 1 N–H and O–H groups in total. The van der Waals surface area contributed by atoms with Gasteiger partial charge in [-0.05, 0) is 38.6 Å². The van der Waals surface area contributed by atoms with Crippen molar-refractivity contribution in [1.29, 1.82) is 0 Å². The van der Waals surface area contributed by atoms with Crippen LogP contribution in [-0.2, 0) is 13.2 Å². The van der Waals surface area contributed by atoms with Crippen molar-refractivity contribution in [1.82, 2.24) is 10.3 Å². The zero-order chi connectivity index (χ0) is 14.5. The van der Waals surface area contributed by atoms with Crippen LogP contribution >= 0.6 is 22.9 Å². The van der Waals surface area contributed by atoms with Crippen LogP contribution in [-0.4, -0.2) is 11.5 Å². The van der Waals surface area contributed by atoms with E-state index in [0.29, 0.717) is 6.61 Å². The van der Waals surface area contributed by atoms with Gasteiger partial charge in [-0.25, -0.2) is 4.98 Å². The fourth-order valence-corrected chi connectivity index (χ4v) is 2.87. The van der Waals surface area contributed by atoms with Gasteiger partial charge in [0, 0.05) is 22.0 Å². The lowest BCUT2D eigenvalue weighted by Crippen LogP contribution is -2.13. The second kappa shape index (κ2) is 7.07. The van der Waals surface area contributed by atoms with Crippen molar-refractivity contribution < 1.29 is 4.74 Å². The zero-order valence-electron chi connectivity index (χ0n) is 12.0. The number of halogens is 1. The van der Waals surface area contributed by atoms with E-state index in [1.807, 2.05) is 25.1 Å². The van der Waals surface area contributed by atoms with Gasteiger partial charge >= 0.3 is 0 Å². The molecule has 0 aliphatic heterocycles. The van der Waals surface area contributed by atoms with E-state index >= 15 is 0 Å². The average molecular weight is 311 g/mol.